The number of ether oxygens (including phenoxy) is 4. The highest BCUT2D eigenvalue weighted by Gasteiger charge is 2.06. The van der Waals surface area contributed by atoms with E-state index < -0.39 is 0 Å². The van der Waals surface area contributed by atoms with Crippen molar-refractivity contribution >= 4 is 6.29 Å². The first-order valence-corrected chi connectivity index (χ1v) is 7.30. The average molecular weight is 316 g/mol. The molecule has 5 nitrogen and oxygen atoms in total. The number of aldehydes is 1. The van der Waals surface area contributed by atoms with Gasteiger partial charge in [0.1, 0.15) is 6.29 Å². The lowest BCUT2D eigenvalue weighted by molar-refractivity contribution is 0.112. The van der Waals surface area contributed by atoms with Crippen LogP contribution in [0, 0.1) is 0 Å². The van der Waals surface area contributed by atoms with Gasteiger partial charge in [-0.1, -0.05) is 12.1 Å². The lowest BCUT2D eigenvalue weighted by atomic mass is 10.2. The van der Waals surface area contributed by atoms with Crippen LogP contribution in [0.5, 0.6) is 23.0 Å². The third-order valence-corrected chi connectivity index (χ3v) is 3.20. The Balaban J connectivity index is 1.80. The number of hydrogen-bond acceptors (Lipinski definition) is 5. The second-order valence-corrected chi connectivity index (χ2v) is 4.73. The summed E-state index contributed by atoms with van der Waals surface area (Å²) in [6, 6.07) is 12.6. The first-order chi connectivity index (χ1) is 11.3. The summed E-state index contributed by atoms with van der Waals surface area (Å²) in [4.78, 5) is 10.7. The van der Waals surface area contributed by atoms with Gasteiger partial charge in [-0.3, -0.25) is 4.79 Å². The number of rotatable bonds is 9. The molecule has 0 saturated carbocycles. The van der Waals surface area contributed by atoms with Gasteiger partial charge in [0, 0.05) is 12.0 Å². The van der Waals surface area contributed by atoms with Crippen molar-refractivity contribution in [3.8, 4) is 23.0 Å². The van der Waals surface area contributed by atoms with Crippen molar-refractivity contribution in [2.75, 3.05) is 27.4 Å². The molecule has 2 aromatic rings. The van der Waals surface area contributed by atoms with E-state index >= 15 is 0 Å². The fraction of sp³-hybridized carbons (Fsp3) is 0.278. The third kappa shape index (κ3) is 4.64. The molecule has 0 fully saturated rings. The number of benzene rings is 2. The summed E-state index contributed by atoms with van der Waals surface area (Å²) in [6.07, 6.45) is 1.48. The molecule has 0 radical (unpaired) electrons. The van der Waals surface area contributed by atoms with Gasteiger partial charge in [-0.05, 0) is 30.3 Å². The normalized spacial score (nSPS) is 10.0. The summed E-state index contributed by atoms with van der Waals surface area (Å²) in [7, 11) is 3.15. The molecule has 0 unspecified atom stereocenters. The Labute approximate surface area is 135 Å². The first-order valence-electron chi connectivity index (χ1n) is 7.30. The molecule has 0 aromatic heterocycles. The summed E-state index contributed by atoms with van der Waals surface area (Å²) in [5.41, 5.74) is 0.550. The van der Waals surface area contributed by atoms with Gasteiger partial charge in [0.2, 0.25) is 0 Å². The minimum Gasteiger partial charge on any atom is -0.493 e. The van der Waals surface area contributed by atoms with E-state index in [2.05, 4.69) is 0 Å². The van der Waals surface area contributed by atoms with E-state index in [9.17, 15) is 4.79 Å². The maximum Gasteiger partial charge on any atom is 0.161 e. The predicted molar refractivity (Wildman–Crippen MR) is 87.0 cm³/mol. The van der Waals surface area contributed by atoms with Crippen molar-refractivity contribution in [1.82, 2.24) is 0 Å². The molecule has 0 aliphatic heterocycles. The first kappa shape index (κ1) is 16.7. The number of para-hydroxylation sites is 2. The van der Waals surface area contributed by atoms with Gasteiger partial charge in [0.25, 0.3) is 0 Å². The molecule has 2 rings (SSSR count). The van der Waals surface area contributed by atoms with E-state index in [1.54, 1.807) is 32.4 Å². The van der Waals surface area contributed by atoms with Gasteiger partial charge >= 0.3 is 0 Å². The molecule has 2 aromatic carbocycles. The fourth-order valence-corrected chi connectivity index (χ4v) is 2.04. The van der Waals surface area contributed by atoms with Crippen LogP contribution in [0.25, 0.3) is 0 Å². The lowest BCUT2D eigenvalue weighted by Crippen LogP contribution is -2.06. The Bertz CT molecular complexity index is 639. The van der Waals surface area contributed by atoms with Crippen LogP contribution >= 0.6 is 0 Å². The number of methoxy groups -OCH3 is 2. The second kappa shape index (κ2) is 8.68. The monoisotopic (exact) mass is 316 g/mol. The van der Waals surface area contributed by atoms with E-state index in [-0.39, 0.29) is 0 Å². The Morgan fingerprint density at radius 1 is 0.826 bits per heavy atom. The van der Waals surface area contributed by atoms with Crippen LogP contribution in [0.4, 0.5) is 0 Å². The minimum atomic E-state index is 0.478. The van der Waals surface area contributed by atoms with E-state index in [0.29, 0.717) is 48.2 Å². The summed E-state index contributed by atoms with van der Waals surface area (Å²) in [5.74, 6) is 2.57. The number of hydrogen-bond donors (Lipinski definition) is 0. The predicted octanol–water partition coefficient (Wildman–Crippen LogP) is 3.36. The van der Waals surface area contributed by atoms with Crippen molar-refractivity contribution in [3.05, 3.63) is 48.0 Å². The van der Waals surface area contributed by atoms with Gasteiger partial charge in [0.15, 0.2) is 23.0 Å². The molecule has 0 amide bonds. The molecule has 0 heterocycles. The maximum atomic E-state index is 10.7. The summed E-state index contributed by atoms with van der Waals surface area (Å²) < 4.78 is 21.8. The standard InChI is InChI=1S/C18H20O5/c1-20-15-6-3-4-7-16(15)22-10-5-11-23-17-9-8-14(13-19)12-18(17)21-2/h3-4,6-9,12-13H,5,10-11H2,1-2H3. The van der Waals surface area contributed by atoms with Crippen LogP contribution < -0.4 is 18.9 Å². The highest BCUT2D eigenvalue weighted by molar-refractivity contribution is 5.76. The molecule has 0 spiro atoms. The van der Waals surface area contributed by atoms with Crippen molar-refractivity contribution < 1.29 is 23.7 Å². The Hall–Kier alpha value is -2.69. The highest BCUT2D eigenvalue weighted by atomic mass is 16.5. The topological polar surface area (TPSA) is 54.0 Å². The molecule has 0 bridgehead atoms. The Morgan fingerprint density at radius 2 is 1.43 bits per heavy atom. The summed E-state index contributed by atoms with van der Waals surface area (Å²) in [6.45, 7) is 0.987. The zero-order valence-corrected chi connectivity index (χ0v) is 13.3. The molecular weight excluding hydrogens is 296 g/mol. The van der Waals surface area contributed by atoms with E-state index in [1.807, 2.05) is 24.3 Å². The molecule has 5 heteroatoms. The highest BCUT2D eigenvalue weighted by Crippen LogP contribution is 2.28. The molecule has 0 saturated heterocycles. The van der Waals surface area contributed by atoms with E-state index in [0.717, 1.165) is 6.29 Å². The summed E-state index contributed by atoms with van der Waals surface area (Å²) in [5, 5.41) is 0. The molecule has 0 N–H and O–H groups in total. The molecular formula is C18H20O5. The van der Waals surface area contributed by atoms with Gasteiger partial charge in [-0.2, -0.15) is 0 Å². The minimum absolute atomic E-state index is 0.478. The quantitative estimate of drug-likeness (QED) is 0.524. The fourth-order valence-electron chi connectivity index (χ4n) is 2.04. The van der Waals surface area contributed by atoms with Crippen molar-refractivity contribution in [2.24, 2.45) is 0 Å². The zero-order valence-electron chi connectivity index (χ0n) is 13.3. The van der Waals surface area contributed by atoms with Crippen LogP contribution in [0.15, 0.2) is 42.5 Å². The Morgan fingerprint density at radius 3 is 2.04 bits per heavy atom. The van der Waals surface area contributed by atoms with E-state index in [1.165, 1.54) is 0 Å². The smallest absolute Gasteiger partial charge is 0.161 e. The van der Waals surface area contributed by atoms with Crippen LogP contribution in [0.1, 0.15) is 16.8 Å². The van der Waals surface area contributed by atoms with Gasteiger partial charge < -0.3 is 18.9 Å². The van der Waals surface area contributed by atoms with Crippen LogP contribution in [-0.4, -0.2) is 33.7 Å². The number of carbonyl (C=O) groups excluding carboxylic acids is 1. The molecule has 0 aliphatic carbocycles. The average Bonchev–Trinajstić information content (AvgIpc) is 2.61. The second-order valence-electron chi connectivity index (χ2n) is 4.73. The Kier molecular flexibility index (Phi) is 6.29. The van der Waals surface area contributed by atoms with Crippen LogP contribution in [0.2, 0.25) is 0 Å². The van der Waals surface area contributed by atoms with Crippen molar-refractivity contribution in [3.63, 3.8) is 0 Å². The van der Waals surface area contributed by atoms with Gasteiger partial charge in [0.05, 0.1) is 27.4 Å². The van der Waals surface area contributed by atoms with Crippen molar-refractivity contribution in [1.29, 1.82) is 0 Å². The van der Waals surface area contributed by atoms with Crippen molar-refractivity contribution in [2.45, 2.75) is 6.42 Å². The summed E-state index contributed by atoms with van der Waals surface area (Å²) >= 11 is 0. The van der Waals surface area contributed by atoms with Gasteiger partial charge in [-0.15, -0.1) is 0 Å². The SMILES string of the molecule is COc1ccccc1OCCCOc1ccc(C=O)cc1OC. The van der Waals surface area contributed by atoms with Gasteiger partial charge in [-0.25, -0.2) is 0 Å². The number of carbonyl (C=O) groups is 1. The third-order valence-electron chi connectivity index (χ3n) is 3.20. The zero-order chi connectivity index (χ0) is 16.5. The largest absolute Gasteiger partial charge is 0.493 e. The molecule has 0 atom stereocenters. The molecule has 23 heavy (non-hydrogen) atoms. The van der Waals surface area contributed by atoms with E-state index in [4.69, 9.17) is 18.9 Å². The molecule has 122 valence electrons. The lowest BCUT2D eigenvalue weighted by Gasteiger charge is -2.12. The molecule has 0 aliphatic rings. The van der Waals surface area contributed by atoms with Crippen LogP contribution in [0.3, 0.4) is 0 Å². The maximum absolute atomic E-state index is 10.7. The van der Waals surface area contributed by atoms with Crippen LogP contribution in [-0.2, 0) is 0 Å².